The molecule has 0 unspecified atom stereocenters. The van der Waals surface area contributed by atoms with E-state index in [0.29, 0.717) is 6.54 Å². The van der Waals surface area contributed by atoms with Crippen molar-refractivity contribution in [3.8, 4) is 0 Å². The number of nitrogens with one attached hydrogen (secondary N) is 2. The summed E-state index contributed by atoms with van der Waals surface area (Å²) in [6.45, 7) is 6.59. The van der Waals surface area contributed by atoms with Gasteiger partial charge in [0.1, 0.15) is 0 Å². The van der Waals surface area contributed by atoms with Crippen molar-refractivity contribution in [2.24, 2.45) is 5.92 Å². The molecule has 1 aromatic rings. The first kappa shape index (κ1) is 11.8. The molecule has 0 saturated carbocycles. The average Bonchev–Trinajstić information content (AvgIpc) is 2.63. The number of hydrogen-bond acceptors (Lipinski definition) is 2. The van der Waals surface area contributed by atoms with Crippen molar-refractivity contribution in [3.63, 3.8) is 0 Å². The summed E-state index contributed by atoms with van der Waals surface area (Å²) >= 11 is 0. The minimum atomic E-state index is 0.136. The summed E-state index contributed by atoms with van der Waals surface area (Å²) in [6, 6.07) is 0. The Kier molecular flexibility index (Phi) is 4.34. The number of H-pyrrole nitrogens is 1. The van der Waals surface area contributed by atoms with Gasteiger partial charge in [-0.3, -0.25) is 9.89 Å². The van der Waals surface area contributed by atoms with Gasteiger partial charge in [-0.05, 0) is 19.8 Å². The van der Waals surface area contributed by atoms with Crippen LogP contribution in [-0.2, 0) is 11.3 Å². The number of carbonyl (C=O) groups excluding carboxylic acids is 1. The Morgan fingerprint density at radius 3 is 2.67 bits per heavy atom. The van der Waals surface area contributed by atoms with E-state index < -0.39 is 0 Å². The lowest BCUT2D eigenvalue weighted by Gasteiger charge is -2.12. The number of aryl methyl sites for hydroxylation is 1. The van der Waals surface area contributed by atoms with Crippen LogP contribution in [0.5, 0.6) is 0 Å². The summed E-state index contributed by atoms with van der Waals surface area (Å²) in [6.07, 6.45) is 3.54. The second-order valence-corrected chi connectivity index (χ2v) is 3.75. The average molecular weight is 209 g/mol. The fraction of sp³-hybridized carbons (Fsp3) is 0.636. The van der Waals surface area contributed by atoms with Crippen LogP contribution in [0.25, 0.3) is 0 Å². The number of hydrogen-bond donors (Lipinski definition) is 2. The molecule has 0 bridgehead atoms. The fourth-order valence-electron chi connectivity index (χ4n) is 1.54. The smallest absolute Gasteiger partial charge is 0.223 e. The van der Waals surface area contributed by atoms with E-state index in [0.717, 1.165) is 24.1 Å². The molecule has 1 aromatic heterocycles. The van der Waals surface area contributed by atoms with Crippen molar-refractivity contribution in [1.29, 1.82) is 0 Å². The van der Waals surface area contributed by atoms with Crippen LogP contribution >= 0.6 is 0 Å². The Morgan fingerprint density at radius 2 is 2.20 bits per heavy atom. The molecule has 1 rings (SSSR count). The van der Waals surface area contributed by atoms with Crippen LogP contribution in [0.4, 0.5) is 0 Å². The molecule has 0 aliphatic carbocycles. The first-order chi connectivity index (χ1) is 7.19. The van der Waals surface area contributed by atoms with Gasteiger partial charge in [0.15, 0.2) is 0 Å². The van der Waals surface area contributed by atoms with E-state index in [1.807, 2.05) is 20.8 Å². The van der Waals surface area contributed by atoms with Crippen LogP contribution in [0.2, 0.25) is 0 Å². The molecule has 84 valence electrons. The predicted octanol–water partition coefficient (Wildman–Crippen LogP) is 1.77. The molecular formula is C11H19N3O. The molecule has 0 aromatic carbocycles. The predicted molar refractivity (Wildman–Crippen MR) is 59.2 cm³/mol. The second-order valence-electron chi connectivity index (χ2n) is 3.75. The Balaban J connectivity index is 2.43. The van der Waals surface area contributed by atoms with Gasteiger partial charge in [-0.1, -0.05) is 13.8 Å². The van der Waals surface area contributed by atoms with Crippen molar-refractivity contribution in [2.75, 3.05) is 0 Å². The van der Waals surface area contributed by atoms with Gasteiger partial charge in [0.25, 0.3) is 0 Å². The van der Waals surface area contributed by atoms with Crippen molar-refractivity contribution in [1.82, 2.24) is 15.5 Å². The van der Waals surface area contributed by atoms with E-state index in [2.05, 4.69) is 15.5 Å². The number of amides is 1. The van der Waals surface area contributed by atoms with Crippen molar-refractivity contribution in [2.45, 2.75) is 40.2 Å². The third-order valence-electron chi connectivity index (χ3n) is 2.74. The van der Waals surface area contributed by atoms with Crippen LogP contribution in [0.15, 0.2) is 6.20 Å². The summed E-state index contributed by atoms with van der Waals surface area (Å²) in [4.78, 5) is 11.7. The van der Waals surface area contributed by atoms with E-state index in [9.17, 15) is 4.79 Å². The maximum absolute atomic E-state index is 11.7. The second kappa shape index (κ2) is 5.53. The molecule has 0 radical (unpaired) electrons. The highest BCUT2D eigenvalue weighted by Crippen LogP contribution is 2.08. The Morgan fingerprint density at radius 1 is 1.53 bits per heavy atom. The van der Waals surface area contributed by atoms with Gasteiger partial charge in [-0.15, -0.1) is 0 Å². The third kappa shape index (κ3) is 3.08. The summed E-state index contributed by atoms with van der Waals surface area (Å²) in [5.74, 6) is 0.276. The van der Waals surface area contributed by atoms with Gasteiger partial charge >= 0.3 is 0 Å². The monoisotopic (exact) mass is 209 g/mol. The highest BCUT2D eigenvalue weighted by molar-refractivity contribution is 5.78. The Hall–Kier alpha value is -1.32. The van der Waals surface area contributed by atoms with Crippen LogP contribution in [0.1, 0.15) is 37.9 Å². The summed E-state index contributed by atoms with van der Waals surface area (Å²) in [5, 5.41) is 9.69. The number of nitrogens with zero attached hydrogens (tertiary/aromatic N) is 1. The fourth-order valence-corrected chi connectivity index (χ4v) is 1.54. The Bertz CT molecular complexity index is 315. The number of carbonyl (C=O) groups is 1. The largest absolute Gasteiger partial charge is 0.352 e. The van der Waals surface area contributed by atoms with E-state index in [1.54, 1.807) is 6.20 Å². The van der Waals surface area contributed by atoms with Crippen LogP contribution in [-0.4, -0.2) is 16.1 Å². The van der Waals surface area contributed by atoms with Gasteiger partial charge < -0.3 is 5.32 Å². The highest BCUT2D eigenvalue weighted by atomic mass is 16.1. The third-order valence-corrected chi connectivity index (χ3v) is 2.74. The lowest BCUT2D eigenvalue weighted by Crippen LogP contribution is -2.29. The first-order valence-corrected chi connectivity index (χ1v) is 5.45. The zero-order valence-corrected chi connectivity index (χ0v) is 9.63. The van der Waals surface area contributed by atoms with Crippen molar-refractivity contribution in [3.05, 3.63) is 17.5 Å². The zero-order chi connectivity index (χ0) is 11.3. The van der Waals surface area contributed by atoms with Gasteiger partial charge in [0.2, 0.25) is 5.91 Å². The molecule has 4 nitrogen and oxygen atoms in total. The van der Waals surface area contributed by atoms with Gasteiger partial charge in [-0.2, -0.15) is 5.10 Å². The minimum absolute atomic E-state index is 0.136. The van der Waals surface area contributed by atoms with Gasteiger partial charge in [0, 0.05) is 23.7 Å². The molecule has 0 fully saturated rings. The first-order valence-electron chi connectivity index (χ1n) is 5.45. The molecule has 1 heterocycles. The molecule has 15 heavy (non-hydrogen) atoms. The Labute approximate surface area is 90.5 Å². The molecule has 0 aliphatic heterocycles. The lowest BCUT2D eigenvalue weighted by molar-refractivity contribution is -0.125. The van der Waals surface area contributed by atoms with Crippen LogP contribution in [0.3, 0.4) is 0 Å². The number of rotatable bonds is 5. The van der Waals surface area contributed by atoms with E-state index in [4.69, 9.17) is 0 Å². The molecule has 1 amide bonds. The van der Waals surface area contributed by atoms with Crippen LogP contribution < -0.4 is 5.32 Å². The van der Waals surface area contributed by atoms with E-state index in [-0.39, 0.29) is 11.8 Å². The van der Waals surface area contributed by atoms with Gasteiger partial charge in [-0.25, -0.2) is 0 Å². The molecule has 0 saturated heterocycles. The maximum atomic E-state index is 11.7. The molecule has 0 aliphatic rings. The quantitative estimate of drug-likeness (QED) is 0.776. The summed E-state index contributed by atoms with van der Waals surface area (Å²) < 4.78 is 0. The molecule has 4 heteroatoms. The number of aromatic nitrogens is 2. The van der Waals surface area contributed by atoms with Crippen molar-refractivity contribution < 1.29 is 4.79 Å². The normalized spacial score (nSPS) is 10.7. The minimum Gasteiger partial charge on any atom is -0.352 e. The SMILES string of the molecule is CCC(CC)C(=O)NCc1cn[nH]c1C. The van der Waals surface area contributed by atoms with E-state index in [1.165, 1.54) is 0 Å². The molecular weight excluding hydrogens is 190 g/mol. The summed E-state index contributed by atoms with van der Waals surface area (Å²) in [5.41, 5.74) is 2.06. The van der Waals surface area contributed by atoms with E-state index >= 15 is 0 Å². The topological polar surface area (TPSA) is 57.8 Å². The lowest BCUT2D eigenvalue weighted by atomic mass is 10.0. The highest BCUT2D eigenvalue weighted by Gasteiger charge is 2.13. The van der Waals surface area contributed by atoms with Crippen LogP contribution in [0, 0.1) is 12.8 Å². The van der Waals surface area contributed by atoms with Gasteiger partial charge in [0.05, 0.1) is 6.20 Å². The zero-order valence-electron chi connectivity index (χ0n) is 9.63. The molecule has 2 N–H and O–H groups in total. The standard InChI is InChI=1S/C11H19N3O/c1-4-9(5-2)11(15)12-6-10-7-13-14-8(10)3/h7,9H,4-6H2,1-3H3,(H,12,15)(H,13,14). The maximum Gasteiger partial charge on any atom is 0.223 e. The van der Waals surface area contributed by atoms with Crippen molar-refractivity contribution >= 4 is 5.91 Å². The molecule has 0 atom stereocenters. The number of aromatic amines is 1. The summed E-state index contributed by atoms with van der Waals surface area (Å²) in [7, 11) is 0. The molecule has 0 spiro atoms.